The molecule has 0 unspecified atom stereocenters. The number of rotatable bonds is 3. The number of benzene rings is 3. The largest absolute Gasteiger partial charge is 0.512 e. The zero-order valence-electron chi connectivity index (χ0n) is 29.0. The number of hydrogen-bond donors (Lipinski definition) is 1. The average Bonchev–Trinajstić information content (AvgIpc) is 3.54. The van der Waals surface area contributed by atoms with Crippen LogP contribution < -0.4 is 0 Å². The molecule has 5 nitrogen and oxygen atoms in total. The van der Waals surface area contributed by atoms with Crippen molar-refractivity contribution in [2.24, 2.45) is 10.8 Å². The summed E-state index contributed by atoms with van der Waals surface area (Å²) >= 11 is 0. The molecule has 0 aliphatic rings. The maximum atomic E-state index is 11.5. The molecule has 1 N–H and O–H groups in total. The van der Waals surface area contributed by atoms with Crippen molar-refractivity contribution in [1.29, 1.82) is 0 Å². The van der Waals surface area contributed by atoms with Crippen LogP contribution in [0, 0.1) is 23.8 Å². The Morgan fingerprint density at radius 1 is 0.809 bits per heavy atom. The molecule has 3 aromatic carbocycles. The Kier molecular flexibility index (Phi) is 10.1. The first kappa shape index (κ1) is 35.9. The molecule has 0 aliphatic carbocycles. The number of aryl methyl sites for hydroxylation is 1. The van der Waals surface area contributed by atoms with E-state index in [1.165, 1.54) is 17.0 Å². The van der Waals surface area contributed by atoms with Crippen molar-refractivity contribution < 1.29 is 38.8 Å². The van der Waals surface area contributed by atoms with Crippen LogP contribution >= 0.6 is 0 Å². The van der Waals surface area contributed by atoms with E-state index in [-0.39, 0.29) is 42.5 Å². The molecular weight excluding hydrogens is 763 g/mol. The molecule has 6 rings (SSSR count). The second kappa shape index (κ2) is 13.3. The third-order valence-electron chi connectivity index (χ3n) is 8.05. The molecule has 0 amide bonds. The van der Waals surface area contributed by atoms with E-state index in [9.17, 15) is 9.90 Å². The fourth-order valence-corrected chi connectivity index (χ4v) is 5.11. The number of fused-ring (bicyclic) bond motifs is 4. The standard InChI is InChI=1S/C30H24NO2.C11H20O2.Ir/c1-18-17-31-25(20-13-19-9-5-6-10-21(19)24(14-20)30(2,3)4)15-23(18)27-16-28-29(33-27)22-11-7-8-12-26(22)32-28;1-10(2,3)8(12)7-9(13)11(4,5)6;/h5-12,14-17H,1-4H3;7,12H,1-6H3;/q-1;;/b;8-7-;. The fraction of sp³-hybridized carbons (Fsp3) is 0.317. The van der Waals surface area contributed by atoms with Gasteiger partial charge in [-0.15, -0.1) is 29.1 Å². The Morgan fingerprint density at radius 2 is 1.45 bits per heavy atom. The van der Waals surface area contributed by atoms with Crippen molar-refractivity contribution in [2.45, 2.75) is 74.7 Å². The zero-order valence-corrected chi connectivity index (χ0v) is 31.4. The summed E-state index contributed by atoms with van der Waals surface area (Å²) in [5.41, 5.74) is 6.84. The first-order valence-electron chi connectivity index (χ1n) is 15.7. The summed E-state index contributed by atoms with van der Waals surface area (Å²) in [6.07, 6.45) is 3.24. The van der Waals surface area contributed by atoms with Gasteiger partial charge in [0.1, 0.15) is 17.1 Å². The molecule has 247 valence electrons. The number of furan rings is 2. The van der Waals surface area contributed by atoms with Crippen LogP contribution in [0.4, 0.5) is 0 Å². The van der Waals surface area contributed by atoms with Crippen molar-refractivity contribution in [2.75, 3.05) is 0 Å². The quantitative estimate of drug-likeness (QED) is 0.109. The molecule has 3 aromatic heterocycles. The number of hydrogen-bond acceptors (Lipinski definition) is 5. The molecule has 1 radical (unpaired) electrons. The molecule has 0 spiro atoms. The predicted molar refractivity (Wildman–Crippen MR) is 189 cm³/mol. The van der Waals surface area contributed by atoms with Crippen LogP contribution in [0.3, 0.4) is 0 Å². The molecule has 6 aromatic rings. The van der Waals surface area contributed by atoms with Gasteiger partial charge in [-0.2, -0.15) is 0 Å². The summed E-state index contributed by atoms with van der Waals surface area (Å²) < 4.78 is 12.3. The Labute approximate surface area is 291 Å². The third kappa shape index (κ3) is 7.77. The number of aliphatic hydroxyl groups is 1. The van der Waals surface area contributed by atoms with E-state index >= 15 is 0 Å². The van der Waals surface area contributed by atoms with Crippen LogP contribution in [-0.2, 0) is 30.3 Å². The monoisotopic (exact) mass is 807 g/mol. The molecule has 0 saturated heterocycles. The molecule has 0 atom stereocenters. The van der Waals surface area contributed by atoms with E-state index in [4.69, 9.17) is 13.8 Å². The minimum absolute atomic E-state index is 0. The van der Waals surface area contributed by atoms with Gasteiger partial charge in [-0.1, -0.05) is 110 Å². The van der Waals surface area contributed by atoms with E-state index in [1.807, 2.05) is 78.1 Å². The first-order chi connectivity index (χ1) is 21.4. The van der Waals surface area contributed by atoms with Gasteiger partial charge in [-0.3, -0.25) is 9.78 Å². The van der Waals surface area contributed by atoms with Gasteiger partial charge in [-0.25, -0.2) is 0 Å². The molecule has 0 fully saturated rings. The molecule has 6 heteroatoms. The van der Waals surface area contributed by atoms with Gasteiger partial charge in [0.2, 0.25) is 0 Å². The van der Waals surface area contributed by atoms with Crippen LogP contribution in [0.5, 0.6) is 0 Å². The van der Waals surface area contributed by atoms with E-state index < -0.39 is 5.41 Å². The second-order valence-corrected chi connectivity index (χ2v) is 15.1. The van der Waals surface area contributed by atoms with Gasteiger partial charge in [0.05, 0.1) is 5.39 Å². The van der Waals surface area contributed by atoms with Crippen LogP contribution in [0.1, 0.15) is 73.4 Å². The number of para-hydroxylation sites is 1. The number of pyridine rings is 1. The Hall–Kier alpha value is -3.99. The Bertz CT molecular complexity index is 2090. The van der Waals surface area contributed by atoms with E-state index in [1.54, 1.807) is 0 Å². The maximum Gasteiger partial charge on any atom is 0.181 e. The summed E-state index contributed by atoms with van der Waals surface area (Å²) in [6.45, 7) is 19.9. The van der Waals surface area contributed by atoms with Gasteiger partial charge in [0.15, 0.2) is 16.9 Å². The normalized spacial score (nSPS) is 12.6. The van der Waals surface area contributed by atoms with Crippen LogP contribution in [-0.4, -0.2) is 15.9 Å². The average molecular weight is 807 g/mol. The summed E-state index contributed by atoms with van der Waals surface area (Å²) in [5, 5.41) is 12.9. The van der Waals surface area contributed by atoms with Crippen molar-refractivity contribution in [3.05, 3.63) is 102 Å². The van der Waals surface area contributed by atoms with Crippen LogP contribution in [0.15, 0.2) is 93.6 Å². The number of nitrogens with zero attached hydrogens (tertiary/aromatic N) is 1. The smallest absolute Gasteiger partial charge is 0.181 e. The molecule has 0 bridgehead atoms. The van der Waals surface area contributed by atoms with Crippen LogP contribution in [0.2, 0.25) is 0 Å². The summed E-state index contributed by atoms with van der Waals surface area (Å²) in [7, 11) is 0. The molecular formula is C41H44IrNO4-. The number of carbonyl (C=O) groups is 1. The summed E-state index contributed by atoms with van der Waals surface area (Å²) in [5.74, 6) is 0.889. The Morgan fingerprint density at radius 3 is 2.09 bits per heavy atom. The minimum atomic E-state index is -0.417. The number of aliphatic hydroxyl groups excluding tert-OH is 1. The molecule has 0 saturated carbocycles. The van der Waals surface area contributed by atoms with E-state index in [0.717, 1.165) is 55.7 Å². The molecule has 47 heavy (non-hydrogen) atoms. The van der Waals surface area contributed by atoms with Gasteiger partial charge in [0, 0.05) is 60.5 Å². The predicted octanol–water partition coefficient (Wildman–Crippen LogP) is 11.6. The minimum Gasteiger partial charge on any atom is -0.512 e. The second-order valence-electron chi connectivity index (χ2n) is 15.1. The third-order valence-corrected chi connectivity index (χ3v) is 8.05. The van der Waals surface area contributed by atoms with Gasteiger partial charge < -0.3 is 13.9 Å². The Balaban J connectivity index is 0.000000307. The van der Waals surface area contributed by atoms with E-state index in [2.05, 4.69) is 70.2 Å². The van der Waals surface area contributed by atoms with E-state index in [0.29, 0.717) is 0 Å². The molecule has 3 heterocycles. The number of ketones is 1. The van der Waals surface area contributed by atoms with Gasteiger partial charge in [0.25, 0.3) is 0 Å². The number of allylic oxidation sites excluding steroid dienone is 2. The van der Waals surface area contributed by atoms with Crippen molar-refractivity contribution in [3.63, 3.8) is 0 Å². The molecule has 0 aliphatic heterocycles. The number of aromatic nitrogens is 1. The van der Waals surface area contributed by atoms with Crippen LogP contribution in [0.25, 0.3) is 55.5 Å². The fourth-order valence-electron chi connectivity index (χ4n) is 5.11. The van der Waals surface area contributed by atoms with Crippen molar-refractivity contribution in [1.82, 2.24) is 4.98 Å². The van der Waals surface area contributed by atoms with Crippen molar-refractivity contribution >= 4 is 38.7 Å². The maximum absolute atomic E-state index is 11.5. The summed E-state index contributed by atoms with van der Waals surface area (Å²) in [6, 6.07) is 26.3. The van der Waals surface area contributed by atoms with Crippen molar-refractivity contribution in [3.8, 4) is 22.6 Å². The summed E-state index contributed by atoms with van der Waals surface area (Å²) in [4.78, 5) is 16.2. The SMILES string of the molecule is CC(C)(C)C(=O)/C=C(\O)C(C)(C)C.Cc1cnc(-c2[c-]c3ccccc3c(C(C)(C)C)c2)cc1-c1cc2oc3ccccc3c2o1.[Ir]. The van der Waals surface area contributed by atoms with Gasteiger partial charge in [-0.05, 0) is 30.0 Å². The zero-order chi connectivity index (χ0) is 33.6. The van der Waals surface area contributed by atoms with Gasteiger partial charge >= 0.3 is 0 Å². The number of carbonyl (C=O) groups excluding carboxylic acids is 1. The topological polar surface area (TPSA) is 76.5 Å². The first-order valence-corrected chi connectivity index (χ1v) is 15.7.